The first-order valence-corrected chi connectivity index (χ1v) is 12.1. The number of benzene rings is 1. The Morgan fingerprint density at radius 1 is 1.10 bits per heavy atom. The van der Waals surface area contributed by atoms with E-state index in [2.05, 4.69) is 0 Å². The van der Waals surface area contributed by atoms with Gasteiger partial charge in [-0.15, -0.1) is 0 Å². The van der Waals surface area contributed by atoms with Crippen molar-refractivity contribution in [3.8, 4) is 0 Å². The molecule has 1 saturated carbocycles. The largest absolute Gasteiger partial charge is 0.293 e. The fourth-order valence-corrected chi connectivity index (χ4v) is 6.76. The monoisotopic (exact) mass is 447 g/mol. The lowest BCUT2D eigenvalue weighted by Crippen LogP contribution is -2.49. The lowest BCUT2D eigenvalue weighted by atomic mass is 10.0. The smallest absolute Gasteiger partial charge is 0.282 e. The zero-order chi connectivity index (χ0) is 22.7. The molecule has 1 unspecified atom stereocenters. The molecule has 6 atom stereocenters. The van der Waals surface area contributed by atoms with E-state index in [0.29, 0.717) is 12.0 Å². The zero-order valence-corrected chi connectivity index (χ0v) is 19.1. The maximum atomic E-state index is 13.3. The van der Waals surface area contributed by atoms with Gasteiger partial charge in [0.15, 0.2) is 5.78 Å². The molecule has 31 heavy (non-hydrogen) atoms. The van der Waals surface area contributed by atoms with Crippen LogP contribution in [0.15, 0.2) is 30.3 Å². The van der Waals surface area contributed by atoms with Gasteiger partial charge in [0.2, 0.25) is 11.8 Å². The lowest BCUT2D eigenvalue weighted by molar-refractivity contribution is -0.146. The van der Waals surface area contributed by atoms with Gasteiger partial charge in [0, 0.05) is 25.1 Å². The Morgan fingerprint density at radius 3 is 2.29 bits per heavy atom. The molecule has 4 rings (SSSR count). The van der Waals surface area contributed by atoms with Crippen molar-refractivity contribution in [1.82, 2.24) is 13.5 Å². The predicted molar refractivity (Wildman–Crippen MR) is 114 cm³/mol. The SMILES string of the molecule is C[C@@H]1C(=O)N(C(=O)C2[C@@H](C)[C@H]2C)[C@H]2CCN(S(=O)(=O)N(C)CC(=O)c3ccccc3)[C@H]12. The molecule has 0 radical (unpaired) electrons. The van der Waals surface area contributed by atoms with Crippen molar-refractivity contribution in [1.29, 1.82) is 0 Å². The van der Waals surface area contributed by atoms with Gasteiger partial charge in [0.25, 0.3) is 10.2 Å². The van der Waals surface area contributed by atoms with Gasteiger partial charge in [0.1, 0.15) is 0 Å². The number of nitrogens with zero attached hydrogens (tertiary/aromatic N) is 3. The number of likely N-dealkylation sites (tertiary alicyclic amines) is 1. The maximum Gasteiger partial charge on any atom is 0.282 e. The first-order valence-electron chi connectivity index (χ1n) is 10.8. The highest BCUT2D eigenvalue weighted by Crippen LogP contribution is 2.49. The topological polar surface area (TPSA) is 95.1 Å². The van der Waals surface area contributed by atoms with Crippen molar-refractivity contribution in [3.63, 3.8) is 0 Å². The Kier molecular flexibility index (Phi) is 5.56. The standard InChI is InChI=1S/C22H29N3O5S/c1-13-14(2)19(13)22(28)25-17-10-11-24(20(17)15(3)21(25)27)31(29,30)23(4)12-18(26)16-8-6-5-7-9-16/h5-9,13-15,17,19-20H,10-12H2,1-4H3/t13-,14+,15-,17-,19?,20+/m0/s1. The van der Waals surface area contributed by atoms with Crippen molar-refractivity contribution in [2.75, 3.05) is 20.1 Å². The van der Waals surface area contributed by atoms with Gasteiger partial charge in [0.05, 0.1) is 24.5 Å². The minimum atomic E-state index is -3.97. The normalized spacial score (nSPS) is 33.1. The van der Waals surface area contributed by atoms with Crippen LogP contribution in [0.5, 0.6) is 0 Å². The van der Waals surface area contributed by atoms with Crippen molar-refractivity contribution >= 4 is 27.8 Å². The van der Waals surface area contributed by atoms with Crippen molar-refractivity contribution in [2.45, 2.75) is 39.3 Å². The summed E-state index contributed by atoms with van der Waals surface area (Å²) in [6, 6.07) is 7.50. The van der Waals surface area contributed by atoms with Crippen LogP contribution >= 0.6 is 0 Å². The van der Waals surface area contributed by atoms with Crippen LogP contribution in [-0.2, 0) is 19.8 Å². The molecule has 1 aromatic rings. The molecule has 9 heteroatoms. The van der Waals surface area contributed by atoms with Gasteiger partial charge >= 0.3 is 0 Å². The highest BCUT2D eigenvalue weighted by atomic mass is 32.2. The molecule has 3 fully saturated rings. The summed E-state index contributed by atoms with van der Waals surface area (Å²) in [6.07, 6.45) is 0.418. The Labute approximate surface area is 183 Å². The number of imide groups is 1. The molecule has 2 amide bonds. The summed E-state index contributed by atoms with van der Waals surface area (Å²) >= 11 is 0. The van der Waals surface area contributed by atoms with Crippen LogP contribution in [0.4, 0.5) is 0 Å². The number of rotatable bonds is 6. The third-order valence-corrected chi connectivity index (χ3v) is 9.27. The van der Waals surface area contributed by atoms with E-state index >= 15 is 0 Å². The first kappa shape index (κ1) is 22.1. The van der Waals surface area contributed by atoms with Crippen LogP contribution in [0.25, 0.3) is 0 Å². The summed E-state index contributed by atoms with van der Waals surface area (Å²) in [4.78, 5) is 39.8. The van der Waals surface area contributed by atoms with E-state index in [9.17, 15) is 22.8 Å². The summed E-state index contributed by atoms with van der Waals surface area (Å²) in [5.74, 6) is -1.05. The molecule has 0 bridgehead atoms. The lowest BCUT2D eigenvalue weighted by Gasteiger charge is -2.29. The molecule has 168 valence electrons. The fourth-order valence-electron chi connectivity index (χ4n) is 5.16. The number of fused-ring (bicyclic) bond motifs is 1. The summed E-state index contributed by atoms with van der Waals surface area (Å²) in [5, 5.41) is 0. The highest BCUT2D eigenvalue weighted by molar-refractivity contribution is 7.86. The molecular formula is C22H29N3O5S. The Morgan fingerprint density at radius 2 is 1.71 bits per heavy atom. The molecule has 1 aromatic carbocycles. The first-order chi connectivity index (χ1) is 14.6. The van der Waals surface area contributed by atoms with Crippen molar-refractivity contribution < 1.29 is 22.8 Å². The van der Waals surface area contributed by atoms with Gasteiger partial charge in [-0.2, -0.15) is 17.0 Å². The van der Waals surface area contributed by atoms with Crippen LogP contribution in [0.2, 0.25) is 0 Å². The van der Waals surface area contributed by atoms with E-state index in [1.165, 1.54) is 16.3 Å². The van der Waals surface area contributed by atoms with Crippen molar-refractivity contribution in [3.05, 3.63) is 35.9 Å². The zero-order valence-electron chi connectivity index (χ0n) is 18.3. The number of hydrogen-bond acceptors (Lipinski definition) is 5. The summed E-state index contributed by atoms with van der Waals surface area (Å²) in [6.45, 7) is 5.62. The van der Waals surface area contributed by atoms with E-state index in [-0.39, 0.29) is 48.4 Å². The third kappa shape index (κ3) is 3.52. The van der Waals surface area contributed by atoms with Gasteiger partial charge in [-0.05, 0) is 18.3 Å². The molecule has 0 spiro atoms. The highest BCUT2D eigenvalue weighted by Gasteiger charge is 2.60. The minimum Gasteiger partial charge on any atom is -0.293 e. The minimum absolute atomic E-state index is 0.160. The van der Waals surface area contributed by atoms with Crippen molar-refractivity contribution in [2.24, 2.45) is 23.7 Å². The summed E-state index contributed by atoms with van der Waals surface area (Å²) in [5.41, 5.74) is 0.442. The number of likely N-dealkylation sites (N-methyl/N-ethyl adjacent to an activating group) is 1. The molecule has 8 nitrogen and oxygen atoms in total. The number of carbonyl (C=O) groups is 3. The predicted octanol–water partition coefficient (Wildman–Crippen LogP) is 1.40. The molecule has 1 aliphatic carbocycles. The van der Waals surface area contributed by atoms with Crippen LogP contribution in [0, 0.1) is 23.7 Å². The van der Waals surface area contributed by atoms with Crippen LogP contribution in [-0.4, -0.2) is 71.7 Å². The average molecular weight is 448 g/mol. The van der Waals surface area contributed by atoms with Gasteiger partial charge in [-0.3, -0.25) is 19.3 Å². The second-order valence-corrected chi connectivity index (χ2v) is 11.1. The van der Waals surface area contributed by atoms with Gasteiger partial charge < -0.3 is 0 Å². The van der Waals surface area contributed by atoms with Crippen LogP contribution in [0.1, 0.15) is 37.6 Å². The molecule has 2 aliphatic heterocycles. The van der Waals surface area contributed by atoms with E-state index in [4.69, 9.17) is 0 Å². The number of Topliss-reactive ketones (excluding diaryl/α,β-unsaturated/α-hetero) is 1. The van der Waals surface area contributed by atoms with Gasteiger partial charge in [-0.25, -0.2) is 0 Å². The second kappa shape index (κ2) is 7.79. The Hall–Kier alpha value is -2.10. The maximum absolute atomic E-state index is 13.3. The summed E-state index contributed by atoms with van der Waals surface area (Å²) in [7, 11) is -2.60. The fraction of sp³-hybridized carbons (Fsp3) is 0.591. The average Bonchev–Trinajstić information content (AvgIpc) is 3.05. The van der Waals surface area contributed by atoms with Crippen LogP contribution in [0.3, 0.4) is 0 Å². The Bertz CT molecular complexity index is 1000. The molecule has 2 saturated heterocycles. The quantitative estimate of drug-likeness (QED) is 0.485. The molecule has 2 heterocycles. The van der Waals surface area contributed by atoms with E-state index in [0.717, 1.165) is 4.31 Å². The number of ketones is 1. The third-order valence-electron chi connectivity index (χ3n) is 7.34. The molecular weight excluding hydrogens is 418 g/mol. The Balaban J connectivity index is 1.52. The summed E-state index contributed by atoms with van der Waals surface area (Å²) < 4.78 is 29.0. The van der Waals surface area contributed by atoms with E-state index < -0.39 is 28.2 Å². The molecule has 0 N–H and O–H groups in total. The molecule has 0 aromatic heterocycles. The van der Waals surface area contributed by atoms with E-state index in [1.54, 1.807) is 37.3 Å². The second-order valence-electron chi connectivity index (χ2n) is 9.09. The number of hydrogen-bond donors (Lipinski definition) is 0. The number of carbonyl (C=O) groups excluding carboxylic acids is 3. The number of amides is 2. The van der Waals surface area contributed by atoms with Gasteiger partial charge in [-0.1, -0.05) is 51.1 Å². The molecule has 3 aliphatic rings. The van der Waals surface area contributed by atoms with Crippen LogP contribution < -0.4 is 0 Å². The van der Waals surface area contributed by atoms with E-state index in [1.807, 2.05) is 13.8 Å².